The largest absolute Gasteiger partial charge is 0.298 e. The Morgan fingerprint density at radius 3 is 2.89 bits per heavy atom. The predicted octanol–water partition coefficient (Wildman–Crippen LogP) is 5.04. The van der Waals surface area contributed by atoms with E-state index in [2.05, 4.69) is 46.3 Å². The standard InChI is InChI=1S/C22H23F2N3/c1-15-4-2-5-16(10-15)20-12-25-26-22(20)18-6-3-9-27(14-18)13-17-7-8-19(23)11-21(17)24/h2,4-5,7-8,10-12,18H,3,6,9,13-14H2,1H3,(H,25,26)/t18-/m0/s1. The molecule has 0 aliphatic carbocycles. The van der Waals surface area contributed by atoms with E-state index in [0.29, 0.717) is 18.0 Å². The van der Waals surface area contributed by atoms with E-state index in [-0.39, 0.29) is 0 Å². The molecule has 0 spiro atoms. The molecule has 0 saturated carbocycles. The van der Waals surface area contributed by atoms with Crippen LogP contribution in [0.1, 0.15) is 35.6 Å². The van der Waals surface area contributed by atoms with Crippen molar-refractivity contribution in [1.29, 1.82) is 0 Å². The van der Waals surface area contributed by atoms with Gasteiger partial charge in [-0.05, 0) is 37.9 Å². The number of aromatic nitrogens is 2. The summed E-state index contributed by atoms with van der Waals surface area (Å²) in [6.45, 7) is 4.33. The van der Waals surface area contributed by atoms with E-state index in [1.54, 1.807) is 6.07 Å². The molecule has 140 valence electrons. The first kappa shape index (κ1) is 17.9. The summed E-state index contributed by atoms with van der Waals surface area (Å²) < 4.78 is 27.2. The number of nitrogens with one attached hydrogen (secondary N) is 1. The van der Waals surface area contributed by atoms with E-state index in [4.69, 9.17) is 0 Å². The Balaban J connectivity index is 1.53. The first-order chi connectivity index (χ1) is 13.1. The summed E-state index contributed by atoms with van der Waals surface area (Å²) in [7, 11) is 0. The highest BCUT2D eigenvalue weighted by atomic mass is 19.1. The summed E-state index contributed by atoms with van der Waals surface area (Å²) in [4.78, 5) is 2.24. The molecule has 27 heavy (non-hydrogen) atoms. The lowest BCUT2D eigenvalue weighted by molar-refractivity contribution is 0.196. The van der Waals surface area contributed by atoms with E-state index >= 15 is 0 Å². The molecule has 1 fully saturated rings. The molecule has 1 aliphatic heterocycles. The van der Waals surface area contributed by atoms with Gasteiger partial charge in [0.15, 0.2) is 0 Å². The lowest BCUT2D eigenvalue weighted by Gasteiger charge is -2.32. The molecule has 2 aromatic carbocycles. The highest BCUT2D eigenvalue weighted by Gasteiger charge is 2.25. The zero-order valence-corrected chi connectivity index (χ0v) is 15.4. The number of aromatic amines is 1. The molecule has 1 aromatic heterocycles. The Labute approximate surface area is 158 Å². The topological polar surface area (TPSA) is 31.9 Å². The molecule has 0 radical (unpaired) electrons. The molecule has 3 aromatic rings. The summed E-state index contributed by atoms with van der Waals surface area (Å²) in [5, 5.41) is 7.49. The molecule has 0 bridgehead atoms. The highest BCUT2D eigenvalue weighted by Crippen LogP contribution is 2.33. The van der Waals surface area contributed by atoms with Crippen molar-refractivity contribution in [3.63, 3.8) is 0 Å². The molecule has 2 heterocycles. The van der Waals surface area contributed by atoms with E-state index in [9.17, 15) is 8.78 Å². The molecule has 5 heteroatoms. The third-order valence-corrected chi connectivity index (χ3v) is 5.32. The molecule has 0 amide bonds. The van der Waals surface area contributed by atoms with Crippen LogP contribution in [0.5, 0.6) is 0 Å². The molecule has 4 rings (SSSR count). The normalized spacial score (nSPS) is 18.0. The number of rotatable bonds is 4. The zero-order valence-electron chi connectivity index (χ0n) is 15.4. The Morgan fingerprint density at radius 1 is 1.19 bits per heavy atom. The van der Waals surface area contributed by atoms with Crippen LogP contribution >= 0.6 is 0 Å². The molecular weight excluding hydrogens is 344 g/mol. The van der Waals surface area contributed by atoms with Gasteiger partial charge in [0.2, 0.25) is 0 Å². The van der Waals surface area contributed by atoms with E-state index < -0.39 is 11.6 Å². The first-order valence-corrected chi connectivity index (χ1v) is 9.37. The fraction of sp³-hybridized carbons (Fsp3) is 0.318. The van der Waals surface area contributed by atoms with Crippen molar-refractivity contribution in [2.75, 3.05) is 13.1 Å². The molecule has 3 nitrogen and oxygen atoms in total. The fourth-order valence-corrected chi connectivity index (χ4v) is 3.98. The van der Waals surface area contributed by atoms with Gasteiger partial charge in [0.25, 0.3) is 0 Å². The lowest BCUT2D eigenvalue weighted by atomic mass is 9.90. The molecule has 1 saturated heterocycles. The van der Waals surface area contributed by atoms with Crippen LogP contribution < -0.4 is 0 Å². The molecule has 1 N–H and O–H groups in total. The quantitative estimate of drug-likeness (QED) is 0.700. The molecule has 1 aliphatic rings. The van der Waals surface area contributed by atoms with Crippen molar-refractivity contribution in [3.05, 3.63) is 77.1 Å². The van der Waals surface area contributed by atoms with Crippen LogP contribution in [0.15, 0.2) is 48.7 Å². The zero-order chi connectivity index (χ0) is 18.8. The maximum absolute atomic E-state index is 14.0. The summed E-state index contributed by atoms with van der Waals surface area (Å²) in [5.74, 6) is -0.688. The Bertz CT molecular complexity index is 935. The van der Waals surface area contributed by atoms with Crippen molar-refractivity contribution >= 4 is 0 Å². The number of H-pyrrole nitrogens is 1. The number of hydrogen-bond donors (Lipinski definition) is 1. The first-order valence-electron chi connectivity index (χ1n) is 9.37. The van der Waals surface area contributed by atoms with Gasteiger partial charge in [0.05, 0.1) is 6.20 Å². The van der Waals surface area contributed by atoms with Gasteiger partial charge >= 0.3 is 0 Å². The van der Waals surface area contributed by atoms with E-state index in [1.165, 1.54) is 17.2 Å². The van der Waals surface area contributed by atoms with E-state index in [0.717, 1.165) is 43.3 Å². The summed E-state index contributed by atoms with van der Waals surface area (Å²) >= 11 is 0. The Hall–Kier alpha value is -2.53. The number of benzene rings is 2. The van der Waals surface area contributed by atoms with Crippen LogP contribution in [0, 0.1) is 18.6 Å². The maximum atomic E-state index is 14.0. The van der Waals surface area contributed by atoms with Gasteiger partial charge in [0.1, 0.15) is 11.6 Å². The fourth-order valence-electron chi connectivity index (χ4n) is 3.98. The summed E-state index contributed by atoms with van der Waals surface area (Å²) in [6.07, 6.45) is 4.01. The Morgan fingerprint density at radius 2 is 2.07 bits per heavy atom. The van der Waals surface area contributed by atoms with Crippen molar-refractivity contribution in [3.8, 4) is 11.1 Å². The Kier molecular flexibility index (Phi) is 5.03. The number of aryl methyl sites for hydroxylation is 1. The van der Waals surface area contributed by atoms with Gasteiger partial charge in [0, 0.05) is 41.9 Å². The molecule has 1 atom stereocenters. The minimum atomic E-state index is -0.534. The van der Waals surface area contributed by atoms with Gasteiger partial charge in [-0.2, -0.15) is 5.10 Å². The van der Waals surface area contributed by atoms with Gasteiger partial charge in [-0.1, -0.05) is 35.9 Å². The highest BCUT2D eigenvalue weighted by molar-refractivity contribution is 5.66. The maximum Gasteiger partial charge on any atom is 0.130 e. The van der Waals surface area contributed by atoms with Gasteiger partial charge in [-0.15, -0.1) is 0 Å². The lowest BCUT2D eigenvalue weighted by Crippen LogP contribution is -2.34. The monoisotopic (exact) mass is 367 g/mol. The molecule has 0 unspecified atom stereocenters. The van der Waals surface area contributed by atoms with Crippen LogP contribution in [0.4, 0.5) is 8.78 Å². The van der Waals surface area contributed by atoms with Crippen LogP contribution in [0.3, 0.4) is 0 Å². The SMILES string of the molecule is Cc1cccc(-c2cn[nH]c2[C@H]2CCCN(Cc3ccc(F)cc3F)C2)c1. The van der Waals surface area contributed by atoms with Crippen LogP contribution in [0.2, 0.25) is 0 Å². The third-order valence-electron chi connectivity index (χ3n) is 5.32. The van der Waals surface area contributed by atoms with Crippen LogP contribution in [-0.2, 0) is 6.54 Å². The second-order valence-electron chi connectivity index (χ2n) is 7.38. The van der Waals surface area contributed by atoms with Crippen LogP contribution in [0.25, 0.3) is 11.1 Å². The van der Waals surface area contributed by atoms with Gasteiger partial charge in [-0.3, -0.25) is 10.00 Å². The van der Waals surface area contributed by atoms with Crippen molar-refractivity contribution in [2.45, 2.75) is 32.2 Å². The van der Waals surface area contributed by atoms with Crippen molar-refractivity contribution in [1.82, 2.24) is 15.1 Å². The minimum Gasteiger partial charge on any atom is -0.298 e. The average Bonchev–Trinajstić information content (AvgIpc) is 3.14. The summed E-state index contributed by atoms with van der Waals surface area (Å²) in [5.41, 5.74) is 5.21. The summed E-state index contributed by atoms with van der Waals surface area (Å²) in [6, 6.07) is 12.3. The van der Waals surface area contributed by atoms with Gasteiger partial charge in [-0.25, -0.2) is 8.78 Å². The van der Waals surface area contributed by atoms with Crippen LogP contribution in [-0.4, -0.2) is 28.2 Å². The predicted molar refractivity (Wildman–Crippen MR) is 102 cm³/mol. The number of hydrogen-bond acceptors (Lipinski definition) is 2. The third kappa shape index (κ3) is 3.93. The van der Waals surface area contributed by atoms with Gasteiger partial charge < -0.3 is 0 Å². The number of piperidine rings is 1. The minimum absolute atomic E-state index is 0.320. The number of nitrogens with zero attached hydrogens (tertiary/aromatic N) is 2. The number of likely N-dealkylation sites (tertiary alicyclic amines) is 1. The second kappa shape index (κ2) is 7.61. The van der Waals surface area contributed by atoms with Crippen molar-refractivity contribution in [2.24, 2.45) is 0 Å². The van der Waals surface area contributed by atoms with Crippen molar-refractivity contribution < 1.29 is 8.78 Å². The average molecular weight is 367 g/mol. The molecular formula is C22H23F2N3. The smallest absolute Gasteiger partial charge is 0.130 e. The second-order valence-corrected chi connectivity index (χ2v) is 7.38. The van der Waals surface area contributed by atoms with E-state index in [1.807, 2.05) is 6.20 Å². The number of halogens is 2.